The number of nitrogens with zero attached hydrogens (tertiary/aromatic N) is 2. The van der Waals surface area contributed by atoms with Gasteiger partial charge in [0.25, 0.3) is 0 Å². The lowest BCUT2D eigenvalue weighted by molar-refractivity contribution is 0.408. The summed E-state index contributed by atoms with van der Waals surface area (Å²) < 4.78 is 13.0. The van der Waals surface area contributed by atoms with Gasteiger partial charge in [-0.2, -0.15) is 5.10 Å². The first-order chi connectivity index (χ1) is 9.35. The Balaban J connectivity index is 1.72. The molecule has 4 heteroatoms. The second-order valence-corrected chi connectivity index (χ2v) is 4.88. The number of ether oxygens (including phenoxy) is 2. The predicted octanol–water partition coefficient (Wildman–Crippen LogP) is 3.80. The third-order valence-corrected chi connectivity index (χ3v) is 3.55. The molecule has 2 aromatic rings. The van der Waals surface area contributed by atoms with E-state index in [1.165, 1.54) is 25.7 Å². The van der Waals surface area contributed by atoms with Crippen molar-refractivity contribution < 1.29 is 9.47 Å². The van der Waals surface area contributed by atoms with Gasteiger partial charge in [-0.15, -0.1) is 0 Å². The molecular formula is C15H18N2O2. The second-order valence-electron chi connectivity index (χ2n) is 4.88. The van der Waals surface area contributed by atoms with Crippen molar-refractivity contribution in [3.63, 3.8) is 0 Å². The molecule has 0 saturated heterocycles. The summed E-state index contributed by atoms with van der Waals surface area (Å²) in [5.41, 5.74) is 0. The maximum Gasteiger partial charge on any atom is 0.165 e. The maximum atomic E-state index is 5.80. The number of rotatable bonds is 4. The summed E-state index contributed by atoms with van der Waals surface area (Å²) >= 11 is 0. The van der Waals surface area contributed by atoms with E-state index in [0.717, 1.165) is 17.2 Å². The van der Waals surface area contributed by atoms with Crippen LogP contribution in [0.4, 0.5) is 0 Å². The lowest BCUT2D eigenvalue weighted by Crippen LogP contribution is -2.04. The highest BCUT2D eigenvalue weighted by Gasteiger charge is 2.17. The normalized spacial score (nSPS) is 15.6. The predicted molar refractivity (Wildman–Crippen MR) is 72.8 cm³/mol. The Kier molecular flexibility index (Phi) is 3.40. The fourth-order valence-corrected chi connectivity index (χ4v) is 2.54. The van der Waals surface area contributed by atoms with Crippen LogP contribution in [0.2, 0.25) is 0 Å². The van der Waals surface area contributed by atoms with E-state index in [2.05, 4.69) is 5.10 Å². The lowest BCUT2D eigenvalue weighted by Gasteiger charge is -2.08. The SMILES string of the molecule is COc1cccc(Oc2cnn(C3CCCC3)c2)c1. The van der Waals surface area contributed by atoms with Crippen molar-refractivity contribution in [3.05, 3.63) is 36.7 Å². The second kappa shape index (κ2) is 5.34. The van der Waals surface area contributed by atoms with Crippen molar-refractivity contribution in [1.82, 2.24) is 9.78 Å². The summed E-state index contributed by atoms with van der Waals surface area (Å²) in [5.74, 6) is 2.34. The van der Waals surface area contributed by atoms with Crippen molar-refractivity contribution in [2.45, 2.75) is 31.7 Å². The average molecular weight is 258 g/mol. The van der Waals surface area contributed by atoms with Crippen LogP contribution in [0.15, 0.2) is 36.7 Å². The molecule has 1 heterocycles. The van der Waals surface area contributed by atoms with E-state index in [4.69, 9.17) is 9.47 Å². The standard InChI is InChI=1S/C15H18N2O2/c1-18-13-7-4-8-14(9-13)19-15-10-16-17(11-15)12-5-2-3-6-12/h4,7-12H,2-3,5-6H2,1H3. The zero-order chi connectivity index (χ0) is 13.1. The molecule has 100 valence electrons. The monoisotopic (exact) mass is 258 g/mol. The Morgan fingerprint density at radius 3 is 2.74 bits per heavy atom. The van der Waals surface area contributed by atoms with E-state index >= 15 is 0 Å². The van der Waals surface area contributed by atoms with Crippen LogP contribution < -0.4 is 9.47 Å². The van der Waals surface area contributed by atoms with Gasteiger partial charge in [0.2, 0.25) is 0 Å². The largest absolute Gasteiger partial charge is 0.497 e. The van der Waals surface area contributed by atoms with Crippen LogP contribution in [0.1, 0.15) is 31.7 Å². The van der Waals surface area contributed by atoms with Crippen LogP contribution in [0.3, 0.4) is 0 Å². The lowest BCUT2D eigenvalue weighted by atomic mass is 10.3. The van der Waals surface area contributed by atoms with Gasteiger partial charge < -0.3 is 9.47 Å². The zero-order valence-electron chi connectivity index (χ0n) is 11.1. The molecule has 0 unspecified atom stereocenters. The third kappa shape index (κ3) is 2.72. The summed E-state index contributed by atoms with van der Waals surface area (Å²) in [6.07, 6.45) is 8.81. The van der Waals surface area contributed by atoms with E-state index in [1.54, 1.807) is 13.3 Å². The van der Waals surface area contributed by atoms with Crippen molar-refractivity contribution in [3.8, 4) is 17.2 Å². The molecule has 1 aliphatic carbocycles. The van der Waals surface area contributed by atoms with Crippen LogP contribution in [0.25, 0.3) is 0 Å². The molecule has 0 amide bonds. The number of benzene rings is 1. The van der Waals surface area contributed by atoms with E-state index in [9.17, 15) is 0 Å². The van der Waals surface area contributed by atoms with Crippen molar-refractivity contribution in [2.24, 2.45) is 0 Å². The Labute approximate surface area is 113 Å². The smallest absolute Gasteiger partial charge is 0.165 e. The van der Waals surface area contributed by atoms with Crippen LogP contribution in [0, 0.1) is 0 Å². The van der Waals surface area contributed by atoms with Gasteiger partial charge in [0.15, 0.2) is 5.75 Å². The van der Waals surface area contributed by atoms with Gasteiger partial charge in [0.1, 0.15) is 11.5 Å². The van der Waals surface area contributed by atoms with Gasteiger partial charge in [-0.1, -0.05) is 18.9 Å². The highest BCUT2D eigenvalue weighted by molar-refractivity contribution is 5.35. The Hall–Kier alpha value is -1.97. The summed E-state index contributed by atoms with van der Waals surface area (Å²) in [7, 11) is 1.65. The molecule has 0 atom stereocenters. The minimum absolute atomic E-state index is 0.544. The molecular weight excluding hydrogens is 240 g/mol. The Bertz CT molecular complexity index is 545. The number of hydrogen-bond donors (Lipinski definition) is 0. The van der Waals surface area contributed by atoms with Crippen LogP contribution in [-0.2, 0) is 0 Å². The Morgan fingerprint density at radius 1 is 1.16 bits per heavy atom. The fraction of sp³-hybridized carbons (Fsp3) is 0.400. The van der Waals surface area contributed by atoms with E-state index < -0.39 is 0 Å². The van der Waals surface area contributed by atoms with E-state index in [-0.39, 0.29) is 0 Å². The van der Waals surface area contributed by atoms with Crippen molar-refractivity contribution >= 4 is 0 Å². The van der Waals surface area contributed by atoms with Crippen LogP contribution in [-0.4, -0.2) is 16.9 Å². The quantitative estimate of drug-likeness (QED) is 0.837. The average Bonchev–Trinajstić information content (AvgIpc) is 3.09. The number of methoxy groups -OCH3 is 1. The first-order valence-corrected chi connectivity index (χ1v) is 6.71. The first-order valence-electron chi connectivity index (χ1n) is 6.71. The molecule has 1 aromatic carbocycles. The third-order valence-electron chi connectivity index (χ3n) is 3.55. The summed E-state index contributed by atoms with van der Waals surface area (Å²) in [5, 5.41) is 4.40. The van der Waals surface area contributed by atoms with Crippen molar-refractivity contribution in [1.29, 1.82) is 0 Å². The van der Waals surface area contributed by atoms with Gasteiger partial charge in [0.05, 0.1) is 25.5 Å². The maximum absolute atomic E-state index is 5.80. The Morgan fingerprint density at radius 2 is 1.95 bits per heavy atom. The molecule has 4 nitrogen and oxygen atoms in total. The topological polar surface area (TPSA) is 36.3 Å². The highest BCUT2D eigenvalue weighted by atomic mass is 16.5. The first kappa shape index (κ1) is 12.1. The summed E-state index contributed by atoms with van der Waals surface area (Å²) in [6.45, 7) is 0. The zero-order valence-corrected chi connectivity index (χ0v) is 11.1. The van der Waals surface area contributed by atoms with Gasteiger partial charge in [-0.3, -0.25) is 4.68 Å². The van der Waals surface area contributed by atoms with Crippen molar-refractivity contribution in [2.75, 3.05) is 7.11 Å². The van der Waals surface area contributed by atoms with E-state index in [0.29, 0.717) is 6.04 Å². The highest BCUT2D eigenvalue weighted by Crippen LogP contribution is 2.31. The molecule has 0 N–H and O–H groups in total. The molecule has 3 rings (SSSR count). The summed E-state index contributed by atoms with van der Waals surface area (Å²) in [4.78, 5) is 0. The molecule has 0 radical (unpaired) electrons. The van der Waals surface area contributed by atoms with Gasteiger partial charge in [-0.25, -0.2) is 0 Å². The van der Waals surface area contributed by atoms with Gasteiger partial charge in [-0.05, 0) is 25.0 Å². The van der Waals surface area contributed by atoms with Crippen LogP contribution >= 0.6 is 0 Å². The van der Waals surface area contributed by atoms with Gasteiger partial charge >= 0.3 is 0 Å². The van der Waals surface area contributed by atoms with Gasteiger partial charge in [0, 0.05) is 6.07 Å². The number of aromatic nitrogens is 2. The summed E-state index contributed by atoms with van der Waals surface area (Å²) in [6, 6.07) is 8.13. The molecule has 0 aliphatic heterocycles. The molecule has 0 bridgehead atoms. The molecule has 19 heavy (non-hydrogen) atoms. The minimum Gasteiger partial charge on any atom is -0.497 e. The molecule has 1 aliphatic rings. The molecule has 0 spiro atoms. The van der Waals surface area contributed by atoms with E-state index in [1.807, 2.05) is 35.1 Å². The minimum atomic E-state index is 0.544. The molecule has 1 saturated carbocycles. The fourth-order valence-electron chi connectivity index (χ4n) is 2.54. The van der Waals surface area contributed by atoms with Crippen LogP contribution in [0.5, 0.6) is 17.2 Å². The molecule has 1 aromatic heterocycles. The number of hydrogen-bond acceptors (Lipinski definition) is 3. The molecule has 1 fully saturated rings.